The molecule has 2 unspecified atom stereocenters. The van der Waals surface area contributed by atoms with Gasteiger partial charge in [0.1, 0.15) is 5.84 Å². The molecule has 16 heavy (non-hydrogen) atoms. The minimum atomic E-state index is -1.15. The third-order valence-electron chi connectivity index (χ3n) is 2.21. The van der Waals surface area contributed by atoms with Crippen LogP contribution in [0.1, 0.15) is 26.2 Å². The summed E-state index contributed by atoms with van der Waals surface area (Å²) in [7, 11) is 0. The van der Waals surface area contributed by atoms with E-state index in [1.807, 2.05) is 0 Å². The lowest BCUT2D eigenvalue weighted by molar-refractivity contribution is 0.178. The fourth-order valence-electron chi connectivity index (χ4n) is 1.31. The van der Waals surface area contributed by atoms with Gasteiger partial charge in [-0.25, -0.2) is 4.79 Å². The SMILES string of the molecule is CC(O)CCCC(CNC(=O)O)/C(N)=N/O. The van der Waals surface area contributed by atoms with Gasteiger partial charge in [-0.2, -0.15) is 0 Å². The number of carboxylic acid groups (broad SMARTS) is 1. The summed E-state index contributed by atoms with van der Waals surface area (Å²) in [6.45, 7) is 1.78. The Kier molecular flexibility index (Phi) is 7.02. The van der Waals surface area contributed by atoms with Crippen molar-refractivity contribution in [3.8, 4) is 0 Å². The molecule has 0 aromatic carbocycles. The molecule has 0 aliphatic heterocycles. The monoisotopic (exact) mass is 233 g/mol. The van der Waals surface area contributed by atoms with Crippen LogP contribution in [-0.4, -0.2) is 40.0 Å². The van der Waals surface area contributed by atoms with Crippen LogP contribution in [0.3, 0.4) is 0 Å². The lowest BCUT2D eigenvalue weighted by Crippen LogP contribution is -2.35. The van der Waals surface area contributed by atoms with E-state index in [9.17, 15) is 4.79 Å². The van der Waals surface area contributed by atoms with Crippen LogP contribution in [0.15, 0.2) is 5.16 Å². The van der Waals surface area contributed by atoms with Crippen LogP contribution in [0.2, 0.25) is 0 Å². The molecule has 0 saturated carbocycles. The molecule has 0 rings (SSSR count). The fourth-order valence-corrected chi connectivity index (χ4v) is 1.31. The van der Waals surface area contributed by atoms with Gasteiger partial charge < -0.3 is 26.5 Å². The van der Waals surface area contributed by atoms with Crippen LogP contribution in [0, 0.1) is 5.92 Å². The van der Waals surface area contributed by atoms with E-state index in [0.29, 0.717) is 19.3 Å². The van der Waals surface area contributed by atoms with Crippen molar-refractivity contribution in [2.24, 2.45) is 16.8 Å². The molecular formula is C9H19N3O4. The molecular weight excluding hydrogens is 214 g/mol. The van der Waals surface area contributed by atoms with E-state index in [1.165, 1.54) is 0 Å². The highest BCUT2D eigenvalue weighted by Gasteiger charge is 2.15. The number of carbonyl (C=O) groups is 1. The Morgan fingerprint density at radius 1 is 1.50 bits per heavy atom. The molecule has 0 spiro atoms. The van der Waals surface area contributed by atoms with Crippen LogP contribution in [0.4, 0.5) is 4.79 Å². The Bertz CT molecular complexity index is 243. The second kappa shape index (κ2) is 7.75. The number of aliphatic hydroxyl groups excluding tert-OH is 1. The van der Waals surface area contributed by atoms with Crippen molar-refractivity contribution in [2.45, 2.75) is 32.3 Å². The second-order valence-corrected chi connectivity index (χ2v) is 3.69. The van der Waals surface area contributed by atoms with Gasteiger partial charge in [-0.05, 0) is 19.8 Å². The number of amidine groups is 1. The smallest absolute Gasteiger partial charge is 0.404 e. The Labute approximate surface area is 93.9 Å². The maximum Gasteiger partial charge on any atom is 0.404 e. The normalized spacial score (nSPS) is 15.5. The van der Waals surface area contributed by atoms with Crippen molar-refractivity contribution in [3.05, 3.63) is 0 Å². The first-order valence-corrected chi connectivity index (χ1v) is 5.09. The van der Waals surface area contributed by atoms with Crippen LogP contribution in [0.25, 0.3) is 0 Å². The number of nitrogens with two attached hydrogens (primary N) is 1. The Hall–Kier alpha value is -1.50. The Morgan fingerprint density at radius 3 is 2.56 bits per heavy atom. The molecule has 0 radical (unpaired) electrons. The number of nitrogens with one attached hydrogen (secondary N) is 1. The number of hydrogen-bond acceptors (Lipinski definition) is 4. The molecule has 7 nitrogen and oxygen atoms in total. The molecule has 0 aromatic rings. The van der Waals surface area contributed by atoms with E-state index in [1.54, 1.807) is 6.92 Å². The van der Waals surface area contributed by atoms with Gasteiger partial charge in [0.15, 0.2) is 0 Å². The fraction of sp³-hybridized carbons (Fsp3) is 0.778. The van der Waals surface area contributed by atoms with Gasteiger partial charge in [0, 0.05) is 12.5 Å². The molecule has 0 saturated heterocycles. The van der Waals surface area contributed by atoms with Gasteiger partial charge >= 0.3 is 6.09 Å². The molecule has 6 N–H and O–H groups in total. The molecule has 0 aliphatic carbocycles. The highest BCUT2D eigenvalue weighted by molar-refractivity contribution is 5.82. The van der Waals surface area contributed by atoms with Gasteiger partial charge in [-0.15, -0.1) is 0 Å². The first-order chi connectivity index (χ1) is 7.47. The van der Waals surface area contributed by atoms with Gasteiger partial charge in [-0.3, -0.25) is 0 Å². The Balaban J connectivity index is 4.06. The largest absolute Gasteiger partial charge is 0.465 e. The summed E-state index contributed by atoms with van der Waals surface area (Å²) < 4.78 is 0. The molecule has 0 heterocycles. The molecule has 1 amide bonds. The molecule has 0 aliphatic rings. The summed E-state index contributed by atoms with van der Waals surface area (Å²) in [5.41, 5.74) is 5.42. The van der Waals surface area contributed by atoms with Crippen molar-refractivity contribution >= 4 is 11.9 Å². The number of rotatable bonds is 7. The van der Waals surface area contributed by atoms with E-state index < -0.39 is 12.2 Å². The summed E-state index contributed by atoms with van der Waals surface area (Å²) in [5, 5.41) is 31.1. The van der Waals surface area contributed by atoms with Crippen molar-refractivity contribution in [1.29, 1.82) is 0 Å². The minimum Gasteiger partial charge on any atom is -0.465 e. The zero-order chi connectivity index (χ0) is 12.6. The minimum absolute atomic E-state index is 0.000608. The number of amides is 1. The maximum atomic E-state index is 10.3. The number of oxime groups is 1. The van der Waals surface area contributed by atoms with E-state index >= 15 is 0 Å². The molecule has 0 bridgehead atoms. The predicted octanol–water partition coefficient (Wildman–Crippen LogP) is 0.168. The summed E-state index contributed by atoms with van der Waals surface area (Å²) in [6.07, 6.45) is 0.287. The second-order valence-electron chi connectivity index (χ2n) is 3.69. The van der Waals surface area contributed by atoms with Gasteiger partial charge in [0.05, 0.1) is 6.10 Å². The van der Waals surface area contributed by atoms with Crippen LogP contribution in [-0.2, 0) is 0 Å². The summed E-state index contributed by atoms with van der Waals surface area (Å²) >= 11 is 0. The third-order valence-corrected chi connectivity index (χ3v) is 2.21. The number of aliphatic hydroxyl groups is 1. The summed E-state index contributed by atoms with van der Waals surface area (Å²) in [4.78, 5) is 10.3. The van der Waals surface area contributed by atoms with Gasteiger partial charge in [0.2, 0.25) is 0 Å². The van der Waals surface area contributed by atoms with Gasteiger partial charge in [-0.1, -0.05) is 11.6 Å². The predicted molar refractivity (Wildman–Crippen MR) is 58.5 cm³/mol. The maximum absolute atomic E-state index is 10.3. The molecule has 2 atom stereocenters. The van der Waals surface area contributed by atoms with Crippen molar-refractivity contribution in [1.82, 2.24) is 5.32 Å². The lowest BCUT2D eigenvalue weighted by atomic mass is 9.99. The molecule has 0 fully saturated rings. The lowest BCUT2D eigenvalue weighted by Gasteiger charge is -2.15. The number of hydrogen-bond donors (Lipinski definition) is 5. The average molecular weight is 233 g/mol. The zero-order valence-corrected chi connectivity index (χ0v) is 9.26. The first-order valence-electron chi connectivity index (χ1n) is 5.09. The van der Waals surface area contributed by atoms with E-state index in [2.05, 4.69) is 10.5 Å². The van der Waals surface area contributed by atoms with Crippen LogP contribution < -0.4 is 11.1 Å². The summed E-state index contributed by atoms with van der Waals surface area (Å²) in [6, 6.07) is 0. The standard InChI is InChI=1S/C9H19N3O4/c1-6(13)3-2-4-7(8(10)12-16)5-11-9(14)15/h6-7,11,13,16H,2-5H2,1H3,(H2,10,12)(H,14,15). The van der Waals surface area contributed by atoms with E-state index in [4.69, 9.17) is 21.2 Å². The third kappa shape index (κ3) is 6.88. The topological polar surface area (TPSA) is 128 Å². The van der Waals surface area contributed by atoms with Crippen molar-refractivity contribution < 1.29 is 20.2 Å². The first kappa shape index (κ1) is 14.5. The molecule has 7 heteroatoms. The van der Waals surface area contributed by atoms with E-state index in [-0.39, 0.29) is 18.3 Å². The molecule has 0 aromatic heterocycles. The molecule has 94 valence electrons. The average Bonchev–Trinajstić information content (AvgIpc) is 2.21. The van der Waals surface area contributed by atoms with Crippen molar-refractivity contribution in [2.75, 3.05) is 6.54 Å². The quantitative estimate of drug-likeness (QED) is 0.185. The highest BCUT2D eigenvalue weighted by atomic mass is 16.4. The zero-order valence-electron chi connectivity index (χ0n) is 9.26. The number of nitrogens with zero attached hydrogens (tertiary/aromatic N) is 1. The summed E-state index contributed by atoms with van der Waals surface area (Å²) in [5.74, 6) is -0.348. The van der Waals surface area contributed by atoms with Gasteiger partial charge in [0.25, 0.3) is 0 Å². The van der Waals surface area contributed by atoms with Crippen LogP contribution >= 0.6 is 0 Å². The van der Waals surface area contributed by atoms with Crippen LogP contribution in [0.5, 0.6) is 0 Å². The van der Waals surface area contributed by atoms with Crippen molar-refractivity contribution in [3.63, 3.8) is 0 Å². The Morgan fingerprint density at radius 2 is 2.12 bits per heavy atom. The van der Waals surface area contributed by atoms with E-state index in [0.717, 1.165) is 0 Å². The highest BCUT2D eigenvalue weighted by Crippen LogP contribution is 2.09.